The van der Waals surface area contributed by atoms with Crippen molar-refractivity contribution in [3.05, 3.63) is 72.3 Å². The van der Waals surface area contributed by atoms with Gasteiger partial charge in [0, 0.05) is 51.3 Å². The number of likely N-dealkylation sites (tertiary alicyclic amines) is 1. The van der Waals surface area contributed by atoms with Crippen LogP contribution in [0.4, 0.5) is 0 Å². The van der Waals surface area contributed by atoms with Gasteiger partial charge in [0.2, 0.25) is 5.91 Å². The number of aromatic amines is 1. The molecule has 1 N–H and O–H groups in total. The van der Waals surface area contributed by atoms with Gasteiger partial charge in [-0.3, -0.25) is 19.7 Å². The summed E-state index contributed by atoms with van der Waals surface area (Å²) in [5, 5.41) is 6.65. The first-order valence-electron chi connectivity index (χ1n) is 10.5. The Kier molecular flexibility index (Phi) is 5.84. The zero-order valence-corrected chi connectivity index (χ0v) is 17.9. The van der Waals surface area contributed by atoms with Crippen LogP contribution in [0.15, 0.2) is 61.1 Å². The van der Waals surface area contributed by atoms with E-state index in [0.717, 1.165) is 29.5 Å². The van der Waals surface area contributed by atoms with Crippen molar-refractivity contribution in [2.24, 2.45) is 5.41 Å². The van der Waals surface area contributed by atoms with Crippen molar-refractivity contribution in [1.29, 1.82) is 0 Å². The van der Waals surface area contributed by atoms with Gasteiger partial charge in [0.15, 0.2) is 0 Å². The average molecular weight is 418 g/mol. The molecule has 2 aromatic heterocycles. The minimum absolute atomic E-state index is 0.0515. The number of hydrogen-bond acceptors (Lipinski definition) is 4. The molecule has 1 aliphatic rings. The minimum atomic E-state index is -0.685. The summed E-state index contributed by atoms with van der Waals surface area (Å²) in [4.78, 5) is 34.2. The zero-order chi connectivity index (χ0) is 21.8. The van der Waals surface area contributed by atoms with E-state index in [1.54, 1.807) is 42.4 Å². The van der Waals surface area contributed by atoms with Gasteiger partial charge < -0.3 is 9.80 Å². The number of benzene rings is 1. The van der Waals surface area contributed by atoms with Crippen LogP contribution in [0.5, 0.6) is 0 Å². The second-order valence-electron chi connectivity index (χ2n) is 8.36. The van der Waals surface area contributed by atoms with E-state index in [1.807, 2.05) is 30.5 Å². The summed E-state index contributed by atoms with van der Waals surface area (Å²) < 4.78 is 0. The number of pyridine rings is 1. The first kappa shape index (κ1) is 20.8. The molecule has 1 saturated heterocycles. The highest BCUT2D eigenvalue weighted by Gasteiger charge is 2.45. The van der Waals surface area contributed by atoms with Crippen LogP contribution >= 0.6 is 0 Å². The Bertz CT molecular complexity index is 1050. The molecule has 0 unspecified atom stereocenters. The zero-order valence-electron chi connectivity index (χ0n) is 17.9. The Labute approximate surface area is 182 Å². The number of H-pyrrole nitrogens is 1. The molecule has 1 atom stereocenters. The van der Waals surface area contributed by atoms with Crippen LogP contribution in [0.3, 0.4) is 0 Å². The second-order valence-corrected chi connectivity index (χ2v) is 8.36. The minimum Gasteiger partial charge on any atom is -0.348 e. The number of aromatic nitrogens is 3. The fourth-order valence-electron chi connectivity index (χ4n) is 4.56. The Morgan fingerprint density at radius 3 is 2.68 bits per heavy atom. The average Bonchev–Trinajstić information content (AvgIpc) is 3.34. The third-order valence-electron chi connectivity index (χ3n) is 5.97. The van der Waals surface area contributed by atoms with Crippen molar-refractivity contribution >= 4 is 11.8 Å². The fraction of sp³-hybridized carbons (Fsp3) is 0.333. The van der Waals surface area contributed by atoms with Gasteiger partial charge in [0.05, 0.1) is 5.41 Å². The maximum atomic E-state index is 13.5. The van der Waals surface area contributed by atoms with Crippen LogP contribution < -0.4 is 0 Å². The first-order chi connectivity index (χ1) is 15.0. The van der Waals surface area contributed by atoms with E-state index < -0.39 is 5.41 Å². The van der Waals surface area contributed by atoms with E-state index in [-0.39, 0.29) is 11.8 Å². The largest absolute Gasteiger partial charge is 0.348 e. The molecule has 0 aliphatic carbocycles. The van der Waals surface area contributed by atoms with E-state index in [9.17, 15) is 9.59 Å². The van der Waals surface area contributed by atoms with Crippen molar-refractivity contribution in [3.8, 4) is 11.1 Å². The van der Waals surface area contributed by atoms with Crippen LogP contribution in [0.1, 0.15) is 28.9 Å². The van der Waals surface area contributed by atoms with E-state index >= 15 is 0 Å². The van der Waals surface area contributed by atoms with Gasteiger partial charge in [0.25, 0.3) is 5.91 Å². The van der Waals surface area contributed by atoms with Gasteiger partial charge in [-0.25, -0.2) is 0 Å². The van der Waals surface area contributed by atoms with Crippen LogP contribution in [0, 0.1) is 5.41 Å². The summed E-state index contributed by atoms with van der Waals surface area (Å²) in [6.45, 7) is 1.01. The number of nitrogens with one attached hydrogen (secondary N) is 1. The molecule has 0 spiro atoms. The lowest BCUT2D eigenvalue weighted by Gasteiger charge is -2.43. The Morgan fingerprint density at radius 1 is 1.13 bits per heavy atom. The molecular formula is C24H27N5O2. The Hall–Kier alpha value is -3.48. The highest BCUT2D eigenvalue weighted by Crippen LogP contribution is 2.38. The molecule has 160 valence electrons. The van der Waals surface area contributed by atoms with Gasteiger partial charge in [-0.15, -0.1) is 0 Å². The number of carbonyl (C=O) groups excluding carboxylic acids is 2. The predicted octanol–water partition coefficient (Wildman–Crippen LogP) is 3.03. The predicted molar refractivity (Wildman–Crippen MR) is 118 cm³/mol. The third kappa shape index (κ3) is 4.21. The van der Waals surface area contributed by atoms with Crippen molar-refractivity contribution in [1.82, 2.24) is 25.0 Å². The molecule has 7 nitrogen and oxygen atoms in total. The lowest BCUT2D eigenvalue weighted by Crippen LogP contribution is -2.54. The molecular weight excluding hydrogens is 390 g/mol. The van der Waals surface area contributed by atoms with Gasteiger partial charge in [-0.2, -0.15) is 5.10 Å². The smallest absolute Gasteiger partial charge is 0.271 e. The Balaban J connectivity index is 1.70. The van der Waals surface area contributed by atoms with Gasteiger partial charge in [0.1, 0.15) is 5.69 Å². The van der Waals surface area contributed by atoms with Crippen LogP contribution in [0.2, 0.25) is 0 Å². The molecule has 0 radical (unpaired) electrons. The quantitative estimate of drug-likeness (QED) is 0.692. The van der Waals surface area contributed by atoms with Gasteiger partial charge in [-0.1, -0.05) is 30.3 Å². The van der Waals surface area contributed by atoms with Crippen molar-refractivity contribution < 1.29 is 9.59 Å². The highest BCUT2D eigenvalue weighted by atomic mass is 16.2. The molecule has 31 heavy (non-hydrogen) atoms. The van der Waals surface area contributed by atoms with Gasteiger partial charge >= 0.3 is 0 Å². The molecule has 3 aromatic rings. The molecule has 3 heterocycles. The van der Waals surface area contributed by atoms with Crippen molar-refractivity contribution in [3.63, 3.8) is 0 Å². The molecule has 4 rings (SSSR count). The van der Waals surface area contributed by atoms with Crippen molar-refractivity contribution in [2.75, 3.05) is 27.2 Å². The molecule has 1 aliphatic heterocycles. The van der Waals surface area contributed by atoms with Crippen LogP contribution in [-0.4, -0.2) is 64.0 Å². The summed E-state index contributed by atoms with van der Waals surface area (Å²) in [6.07, 6.45) is 7.23. The second kappa shape index (κ2) is 8.71. The normalized spacial score (nSPS) is 18.6. The lowest BCUT2D eigenvalue weighted by molar-refractivity contribution is -0.142. The topological polar surface area (TPSA) is 82.2 Å². The van der Waals surface area contributed by atoms with E-state index in [4.69, 9.17) is 0 Å². The summed E-state index contributed by atoms with van der Waals surface area (Å²) in [7, 11) is 3.57. The number of carbonyl (C=O) groups is 2. The SMILES string of the molecule is CN(C)C(=O)[C@]1(Cc2ccccc2-c2cccnc2)CCCN(C(=O)c2ccn[nH]2)C1. The van der Waals surface area contributed by atoms with Crippen LogP contribution in [-0.2, 0) is 11.2 Å². The van der Waals surface area contributed by atoms with E-state index in [2.05, 4.69) is 27.3 Å². The fourth-order valence-corrected chi connectivity index (χ4v) is 4.56. The number of amides is 2. The highest BCUT2D eigenvalue weighted by molar-refractivity contribution is 5.93. The summed E-state index contributed by atoms with van der Waals surface area (Å²) in [5.74, 6) is -0.0655. The van der Waals surface area contributed by atoms with Crippen molar-refractivity contribution in [2.45, 2.75) is 19.3 Å². The van der Waals surface area contributed by atoms with E-state index in [0.29, 0.717) is 25.2 Å². The van der Waals surface area contributed by atoms with Crippen LogP contribution in [0.25, 0.3) is 11.1 Å². The summed E-state index contributed by atoms with van der Waals surface area (Å²) >= 11 is 0. The van der Waals surface area contributed by atoms with E-state index in [1.165, 1.54) is 0 Å². The summed E-state index contributed by atoms with van der Waals surface area (Å²) in [6, 6.07) is 13.8. The maximum absolute atomic E-state index is 13.5. The molecule has 0 saturated carbocycles. The standard InChI is InChI=1S/C24H27N5O2/c1-28(2)23(31)24(11-6-14-29(17-24)22(30)21-10-13-26-27-21)15-18-7-3-4-9-20(18)19-8-5-12-25-16-19/h3-5,7-10,12-13,16H,6,11,14-15,17H2,1-2H3,(H,26,27)/t24-/m0/s1. The molecule has 7 heteroatoms. The molecule has 1 aromatic carbocycles. The van der Waals surface area contributed by atoms with Gasteiger partial charge in [-0.05, 0) is 42.5 Å². The number of nitrogens with zero attached hydrogens (tertiary/aromatic N) is 4. The third-order valence-corrected chi connectivity index (χ3v) is 5.97. The number of piperidine rings is 1. The Morgan fingerprint density at radius 2 is 1.97 bits per heavy atom. The first-order valence-corrected chi connectivity index (χ1v) is 10.5. The molecule has 1 fully saturated rings. The monoisotopic (exact) mass is 417 g/mol. The number of rotatable bonds is 5. The summed E-state index contributed by atoms with van der Waals surface area (Å²) in [5.41, 5.74) is 2.94. The molecule has 2 amide bonds. The maximum Gasteiger partial charge on any atom is 0.271 e. The lowest BCUT2D eigenvalue weighted by atomic mass is 9.73. The molecule has 0 bridgehead atoms. The number of hydrogen-bond donors (Lipinski definition) is 1.